The molecule has 0 saturated heterocycles. The van der Waals surface area contributed by atoms with Gasteiger partial charge in [-0.25, -0.2) is 16.8 Å². The maximum atomic E-state index is 13.0. The summed E-state index contributed by atoms with van der Waals surface area (Å²) in [5.74, 6) is 2.43. The highest BCUT2D eigenvalue weighted by molar-refractivity contribution is 8.00. The second kappa shape index (κ2) is 18.8. The van der Waals surface area contributed by atoms with Crippen molar-refractivity contribution < 1.29 is 35.1 Å². The van der Waals surface area contributed by atoms with Crippen molar-refractivity contribution in [1.29, 1.82) is 0 Å². The number of thioether (sulfide) groups is 2. The number of ether oxygens (including phenoxy) is 2. The molecule has 0 saturated carbocycles. The molecule has 47 heavy (non-hydrogen) atoms. The third kappa shape index (κ3) is 11.2. The van der Waals surface area contributed by atoms with Crippen LogP contribution in [0.25, 0.3) is 23.2 Å². The summed E-state index contributed by atoms with van der Waals surface area (Å²) in [5, 5.41) is 9.04. The monoisotopic (exact) mass is 730 g/mol. The van der Waals surface area contributed by atoms with Gasteiger partial charge < -0.3 is 18.3 Å². The molecular formula is C29H42N6O8S4. The van der Waals surface area contributed by atoms with Gasteiger partial charge in [0.2, 0.25) is 22.0 Å². The molecule has 14 nitrogen and oxygen atoms in total. The molecule has 0 bridgehead atoms. The Kier molecular flexibility index (Phi) is 14.9. The number of hydrogen-bond acceptors (Lipinski definition) is 14. The quantitative estimate of drug-likeness (QED) is 0.0659. The fraction of sp³-hybridized carbons (Fsp3) is 0.586. The Labute approximate surface area is 284 Å². The van der Waals surface area contributed by atoms with E-state index in [1.807, 2.05) is 13.8 Å². The highest BCUT2D eigenvalue weighted by Gasteiger charge is 2.24. The van der Waals surface area contributed by atoms with E-state index >= 15 is 0 Å². The molecule has 4 rings (SSSR count). The molecule has 0 N–H and O–H groups in total. The fourth-order valence-electron chi connectivity index (χ4n) is 4.32. The summed E-state index contributed by atoms with van der Waals surface area (Å²) < 4.78 is 75.8. The Balaban J connectivity index is 1.09. The summed E-state index contributed by atoms with van der Waals surface area (Å²) in [6.07, 6.45) is 8.17. The summed E-state index contributed by atoms with van der Waals surface area (Å²) in [7, 11) is -7.30. The molecule has 18 heteroatoms. The van der Waals surface area contributed by atoms with Gasteiger partial charge in [0.05, 0.1) is 43.9 Å². The molecule has 260 valence electrons. The molecule has 0 radical (unpaired) electrons. The van der Waals surface area contributed by atoms with E-state index < -0.39 is 20.0 Å². The SMILES string of the molecule is CCCCCS(=O)(=O)n1nc(-c2ccco2)nc1SCCOCCOCCCCCCS(=O)(=O)n1nc(-c2ccco2)nc1SCC. The first-order valence-electron chi connectivity index (χ1n) is 15.6. The Morgan fingerprint density at radius 3 is 1.74 bits per heavy atom. The third-order valence-corrected chi connectivity index (χ3v) is 11.8. The van der Waals surface area contributed by atoms with Crippen molar-refractivity contribution in [3.63, 3.8) is 0 Å². The van der Waals surface area contributed by atoms with Crippen LogP contribution in [0.4, 0.5) is 0 Å². The van der Waals surface area contributed by atoms with Gasteiger partial charge in [-0.3, -0.25) is 0 Å². The van der Waals surface area contributed by atoms with Crippen molar-refractivity contribution in [3.8, 4) is 23.2 Å². The van der Waals surface area contributed by atoms with E-state index in [0.717, 1.165) is 40.3 Å². The molecule has 0 aliphatic rings. The van der Waals surface area contributed by atoms with Gasteiger partial charge >= 0.3 is 0 Å². The van der Waals surface area contributed by atoms with Gasteiger partial charge in [-0.1, -0.05) is 63.1 Å². The average Bonchev–Trinajstić information content (AvgIpc) is 3.86. The maximum Gasteiger partial charge on any atom is 0.256 e. The highest BCUT2D eigenvalue weighted by atomic mass is 32.2. The molecule has 0 aliphatic heterocycles. The normalized spacial score (nSPS) is 12.3. The topological polar surface area (TPSA) is 174 Å². The Bertz CT molecular complexity index is 1690. The van der Waals surface area contributed by atoms with Gasteiger partial charge in [-0.15, -0.1) is 18.4 Å². The first-order valence-corrected chi connectivity index (χ1v) is 20.8. The molecule has 0 amide bonds. The van der Waals surface area contributed by atoms with E-state index in [-0.39, 0.29) is 28.3 Å². The lowest BCUT2D eigenvalue weighted by Crippen LogP contribution is -2.19. The summed E-state index contributed by atoms with van der Waals surface area (Å²) >= 11 is 2.58. The third-order valence-electron chi connectivity index (χ3n) is 6.66. The van der Waals surface area contributed by atoms with Crippen molar-refractivity contribution in [2.75, 3.05) is 49.4 Å². The molecule has 4 heterocycles. The molecule has 0 aliphatic carbocycles. The first-order chi connectivity index (χ1) is 22.7. The van der Waals surface area contributed by atoms with Gasteiger partial charge in [-0.05, 0) is 49.3 Å². The molecule has 0 atom stereocenters. The van der Waals surface area contributed by atoms with Crippen LogP contribution in [0.1, 0.15) is 58.8 Å². The van der Waals surface area contributed by atoms with Crippen LogP contribution in [0.3, 0.4) is 0 Å². The molecule has 0 fully saturated rings. The Hall–Kier alpha value is -2.64. The largest absolute Gasteiger partial charge is 0.461 e. The van der Waals surface area contributed by atoms with Crippen LogP contribution in [0.15, 0.2) is 55.9 Å². The lowest BCUT2D eigenvalue weighted by atomic mass is 10.2. The number of nitrogens with zero attached hydrogens (tertiary/aromatic N) is 6. The van der Waals surface area contributed by atoms with Crippen LogP contribution in [0.2, 0.25) is 0 Å². The summed E-state index contributed by atoms with van der Waals surface area (Å²) in [5.41, 5.74) is 0. The zero-order valence-corrected chi connectivity index (χ0v) is 29.9. The number of rotatable bonds is 24. The molecule has 0 unspecified atom stereocenters. The van der Waals surface area contributed by atoms with E-state index in [1.54, 1.807) is 24.3 Å². The molecule has 4 aromatic heterocycles. The fourth-order valence-corrected chi connectivity index (χ4v) is 9.01. The van der Waals surface area contributed by atoms with Crippen molar-refractivity contribution in [2.24, 2.45) is 0 Å². The Morgan fingerprint density at radius 1 is 0.681 bits per heavy atom. The van der Waals surface area contributed by atoms with Gasteiger partial charge in [0, 0.05) is 12.4 Å². The van der Waals surface area contributed by atoms with Crippen molar-refractivity contribution >= 4 is 43.6 Å². The molecule has 4 aromatic rings. The first kappa shape index (κ1) is 37.2. The van der Waals surface area contributed by atoms with Gasteiger partial charge in [-0.2, -0.15) is 9.97 Å². The van der Waals surface area contributed by atoms with Gasteiger partial charge in [0.25, 0.3) is 20.0 Å². The number of aromatic nitrogens is 6. The van der Waals surface area contributed by atoms with Crippen LogP contribution in [-0.4, -0.2) is 94.6 Å². The van der Waals surface area contributed by atoms with E-state index in [0.29, 0.717) is 67.5 Å². The van der Waals surface area contributed by atoms with Crippen molar-refractivity contribution in [3.05, 3.63) is 36.8 Å². The summed E-state index contributed by atoms with van der Waals surface area (Å²) in [6.45, 7) is 5.70. The predicted octanol–water partition coefficient (Wildman–Crippen LogP) is 5.43. The number of furan rings is 2. The average molecular weight is 731 g/mol. The maximum absolute atomic E-state index is 13.0. The molecule has 0 aromatic carbocycles. The zero-order valence-electron chi connectivity index (χ0n) is 26.7. The van der Waals surface area contributed by atoms with Crippen molar-refractivity contribution in [1.82, 2.24) is 28.3 Å². The minimum absolute atomic E-state index is 0.00167. The molecule has 0 spiro atoms. The van der Waals surface area contributed by atoms with Crippen LogP contribution in [0, 0.1) is 0 Å². The van der Waals surface area contributed by atoms with E-state index in [1.165, 1.54) is 36.1 Å². The summed E-state index contributed by atoms with van der Waals surface area (Å²) in [6, 6.07) is 6.79. The van der Waals surface area contributed by atoms with Crippen LogP contribution in [-0.2, 0) is 29.5 Å². The second-order valence-electron chi connectivity index (χ2n) is 10.3. The van der Waals surface area contributed by atoms with E-state index in [4.69, 9.17) is 18.3 Å². The van der Waals surface area contributed by atoms with Gasteiger partial charge in [0.15, 0.2) is 11.5 Å². The van der Waals surface area contributed by atoms with Crippen LogP contribution >= 0.6 is 23.5 Å². The minimum Gasteiger partial charge on any atom is -0.461 e. The van der Waals surface area contributed by atoms with Crippen LogP contribution < -0.4 is 0 Å². The van der Waals surface area contributed by atoms with E-state index in [9.17, 15) is 16.8 Å². The highest BCUT2D eigenvalue weighted by Crippen LogP contribution is 2.25. The minimum atomic E-state index is -3.65. The lowest BCUT2D eigenvalue weighted by molar-refractivity contribution is 0.0522. The van der Waals surface area contributed by atoms with Gasteiger partial charge in [0.1, 0.15) is 0 Å². The molecular weight excluding hydrogens is 689 g/mol. The smallest absolute Gasteiger partial charge is 0.256 e. The standard InChI is InChI=1S/C29H42N6O8S4/c1-3-5-9-22-46(36,37)35-29(31-27(33-35)25-14-12-17-43-25)45-21-20-41-19-18-40-15-8-6-7-10-23-47(38,39)34-28(44-4-2)30-26(32-34)24-13-11-16-42-24/h11-14,16-17H,3-10,15,18-23H2,1-2H3. The zero-order chi connectivity index (χ0) is 33.5. The summed E-state index contributed by atoms with van der Waals surface area (Å²) in [4.78, 5) is 8.75. The van der Waals surface area contributed by atoms with Crippen LogP contribution in [0.5, 0.6) is 0 Å². The number of hydrogen-bond donors (Lipinski definition) is 0. The number of unbranched alkanes of at least 4 members (excludes halogenated alkanes) is 5. The second-order valence-corrected chi connectivity index (χ2v) is 16.5. The van der Waals surface area contributed by atoms with E-state index in [2.05, 4.69) is 20.2 Å². The lowest BCUT2D eigenvalue weighted by Gasteiger charge is -2.08. The Morgan fingerprint density at radius 2 is 1.21 bits per heavy atom. The van der Waals surface area contributed by atoms with Crippen molar-refractivity contribution in [2.45, 2.75) is 69.1 Å². The predicted molar refractivity (Wildman–Crippen MR) is 181 cm³/mol.